The fourth-order valence-electron chi connectivity index (χ4n) is 6.37. The Balaban J connectivity index is 1.62. The van der Waals surface area contributed by atoms with Crippen molar-refractivity contribution in [3.63, 3.8) is 0 Å². The van der Waals surface area contributed by atoms with Crippen LogP contribution in [0.3, 0.4) is 0 Å². The molecule has 0 heterocycles. The van der Waals surface area contributed by atoms with Crippen LogP contribution < -0.4 is 9.04 Å². The molecule has 44 heavy (non-hydrogen) atoms. The predicted molar refractivity (Wildman–Crippen MR) is 149 cm³/mol. The molecule has 2 aliphatic rings. The lowest BCUT2D eigenvalue weighted by Crippen LogP contribution is -2.42. The Labute approximate surface area is 250 Å². The van der Waals surface area contributed by atoms with Crippen molar-refractivity contribution in [3.8, 4) is 16.9 Å². The van der Waals surface area contributed by atoms with Crippen LogP contribution in [-0.2, 0) is 30.5 Å². The SMILES string of the molecule is COC(=O)C12CCC(C(=O)CN(c3cc(-c4cc(F)cc(OC)c4)ccc3F)S(=O)(=O)c3cccc(C(F)(F)F)c3)(CC1)C2. The minimum absolute atomic E-state index is 0.120. The van der Waals surface area contributed by atoms with E-state index in [2.05, 4.69) is 0 Å². The van der Waals surface area contributed by atoms with E-state index in [0.717, 1.165) is 36.4 Å². The Hall–Kier alpha value is -4.00. The highest BCUT2D eigenvalue weighted by Crippen LogP contribution is 2.62. The first-order valence-corrected chi connectivity index (χ1v) is 15.0. The lowest BCUT2D eigenvalue weighted by atomic mass is 9.79. The van der Waals surface area contributed by atoms with Crippen molar-refractivity contribution < 1.29 is 49.4 Å². The van der Waals surface area contributed by atoms with Crippen molar-refractivity contribution in [2.45, 2.75) is 43.2 Å². The van der Waals surface area contributed by atoms with E-state index in [-0.39, 0.29) is 36.1 Å². The Kier molecular flexibility index (Phi) is 7.98. The summed E-state index contributed by atoms with van der Waals surface area (Å²) in [6, 6.07) is 9.85. The number of anilines is 1. The number of rotatable bonds is 9. The fraction of sp³-hybridized carbons (Fsp3) is 0.355. The summed E-state index contributed by atoms with van der Waals surface area (Å²) in [7, 11) is -2.43. The van der Waals surface area contributed by atoms with E-state index in [1.54, 1.807) is 0 Å². The monoisotopic (exact) mass is 637 g/mol. The molecule has 0 atom stereocenters. The topological polar surface area (TPSA) is 90.0 Å². The maximum Gasteiger partial charge on any atom is 0.416 e. The molecule has 0 radical (unpaired) electrons. The van der Waals surface area contributed by atoms with Crippen LogP contribution in [0.2, 0.25) is 0 Å². The van der Waals surface area contributed by atoms with Gasteiger partial charge in [0.1, 0.15) is 17.4 Å². The van der Waals surface area contributed by atoms with Crippen LogP contribution in [-0.4, -0.2) is 40.9 Å². The minimum atomic E-state index is -4.98. The van der Waals surface area contributed by atoms with Gasteiger partial charge in [-0.3, -0.25) is 13.9 Å². The largest absolute Gasteiger partial charge is 0.497 e. The minimum Gasteiger partial charge on any atom is -0.497 e. The van der Waals surface area contributed by atoms with Gasteiger partial charge in [-0.25, -0.2) is 17.2 Å². The molecule has 2 saturated carbocycles. The van der Waals surface area contributed by atoms with Gasteiger partial charge >= 0.3 is 12.1 Å². The fourth-order valence-corrected chi connectivity index (χ4v) is 7.83. The number of carbonyl (C=O) groups is 2. The van der Waals surface area contributed by atoms with E-state index in [1.807, 2.05) is 0 Å². The van der Waals surface area contributed by atoms with Gasteiger partial charge in [0.05, 0.1) is 42.3 Å². The first-order valence-electron chi connectivity index (χ1n) is 13.6. The van der Waals surface area contributed by atoms with Crippen LogP contribution >= 0.6 is 0 Å². The lowest BCUT2D eigenvalue weighted by Gasteiger charge is -2.30. The summed E-state index contributed by atoms with van der Waals surface area (Å²) in [5.41, 5.74) is -3.52. The standard InChI is InChI=1S/C31H28F5NO6S/c1-42-23-13-20(12-22(32)16-23)19-6-7-25(33)26(14-19)37(44(40,41)24-5-3-4-21(15-24)31(34,35)36)17-27(38)29-8-10-30(18-29,11-9-29)28(39)43-2/h3-7,12-16H,8-11,17-18H2,1-2H3. The first kappa shape index (κ1) is 31.4. The van der Waals surface area contributed by atoms with Crippen LogP contribution in [0.4, 0.5) is 27.6 Å². The zero-order valence-corrected chi connectivity index (χ0v) is 24.5. The van der Waals surface area contributed by atoms with Crippen molar-refractivity contribution >= 4 is 27.5 Å². The summed E-state index contributed by atoms with van der Waals surface area (Å²) in [5.74, 6) is -2.72. The molecule has 0 unspecified atom stereocenters. The summed E-state index contributed by atoms with van der Waals surface area (Å²) < 4.78 is 109. The average molecular weight is 638 g/mol. The van der Waals surface area contributed by atoms with Gasteiger partial charge in [0.25, 0.3) is 10.0 Å². The van der Waals surface area contributed by atoms with Gasteiger partial charge in [0.2, 0.25) is 0 Å². The van der Waals surface area contributed by atoms with Gasteiger partial charge in [-0.05, 0) is 85.7 Å². The average Bonchev–Trinajstić information content (AvgIpc) is 3.58. The van der Waals surface area contributed by atoms with Crippen LogP contribution in [0.5, 0.6) is 5.75 Å². The summed E-state index contributed by atoms with van der Waals surface area (Å²) >= 11 is 0. The van der Waals surface area contributed by atoms with Crippen molar-refractivity contribution in [2.75, 3.05) is 25.1 Å². The number of alkyl halides is 3. The highest BCUT2D eigenvalue weighted by atomic mass is 32.2. The highest BCUT2D eigenvalue weighted by molar-refractivity contribution is 7.92. The third kappa shape index (κ3) is 5.53. The van der Waals surface area contributed by atoms with Crippen LogP contribution in [0.25, 0.3) is 11.1 Å². The summed E-state index contributed by atoms with van der Waals surface area (Å²) in [6.07, 6.45) is -3.53. The smallest absolute Gasteiger partial charge is 0.416 e. The van der Waals surface area contributed by atoms with Gasteiger partial charge in [-0.15, -0.1) is 0 Å². The number of halogens is 5. The summed E-state index contributed by atoms with van der Waals surface area (Å²) in [6.45, 7) is -0.914. The van der Waals surface area contributed by atoms with E-state index in [9.17, 15) is 35.6 Å². The Morgan fingerprint density at radius 1 is 0.886 bits per heavy atom. The lowest BCUT2D eigenvalue weighted by molar-refractivity contribution is -0.152. The second kappa shape index (κ2) is 11.2. The van der Waals surface area contributed by atoms with Crippen molar-refractivity contribution in [1.82, 2.24) is 0 Å². The van der Waals surface area contributed by atoms with Gasteiger partial charge in [-0.2, -0.15) is 13.2 Å². The number of esters is 1. The number of hydrogen-bond donors (Lipinski definition) is 0. The molecule has 0 aliphatic heterocycles. The number of benzene rings is 3. The van der Waals surface area contributed by atoms with E-state index in [4.69, 9.17) is 9.47 Å². The third-order valence-electron chi connectivity index (χ3n) is 8.74. The second-order valence-electron chi connectivity index (χ2n) is 11.2. The number of methoxy groups -OCH3 is 2. The maximum absolute atomic E-state index is 15.5. The van der Waals surface area contributed by atoms with Gasteiger partial charge < -0.3 is 9.47 Å². The number of ketones is 1. The molecule has 0 aromatic heterocycles. The van der Waals surface area contributed by atoms with Crippen molar-refractivity contribution in [1.29, 1.82) is 0 Å². The molecule has 0 amide bonds. The normalized spacial score (nSPS) is 21.2. The van der Waals surface area contributed by atoms with Crippen molar-refractivity contribution in [2.24, 2.45) is 10.8 Å². The van der Waals surface area contributed by atoms with Gasteiger partial charge in [0, 0.05) is 11.5 Å². The molecule has 0 spiro atoms. The molecular formula is C31H28F5NO6S. The molecule has 3 aromatic carbocycles. The molecule has 7 nitrogen and oxygen atoms in total. The molecule has 2 fully saturated rings. The van der Waals surface area contributed by atoms with E-state index in [1.165, 1.54) is 26.4 Å². The maximum atomic E-state index is 15.5. The van der Waals surface area contributed by atoms with Crippen LogP contribution in [0.1, 0.15) is 37.7 Å². The predicted octanol–water partition coefficient (Wildman–Crippen LogP) is 6.55. The molecule has 5 rings (SSSR count). The number of sulfonamides is 1. The molecule has 0 saturated heterocycles. The second-order valence-corrected chi connectivity index (χ2v) is 13.1. The number of ether oxygens (including phenoxy) is 2. The molecule has 13 heteroatoms. The molecular weight excluding hydrogens is 609 g/mol. The van der Waals surface area contributed by atoms with Crippen LogP contribution in [0, 0.1) is 22.5 Å². The zero-order chi connectivity index (χ0) is 32.1. The molecule has 2 aliphatic carbocycles. The highest BCUT2D eigenvalue weighted by Gasteiger charge is 2.61. The van der Waals surface area contributed by atoms with Gasteiger partial charge in [-0.1, -0.05) is 12.1 Å². The van der Waals surface area contributed by atoms with Crippen molar-refractivity contribution in [3.05, 3.63) is 77.9 Å². The third-order valence-corrected chi connectivity index (χ3v) is 10.5. The van der Waals surface area contributed by atoms with E-state index >= 15 is 4.39 Å². The summed E-state index contributed by atoms with van der Waals surface area (Å²) in [4.78, 5) is 25.7. The van der Waals surface area contributed by atoms with Crippen LogP contribution in [0.15, 0.2) is 65.6 Å². The van der Waals surface area contributed by atoms with E-state index < -0.39 is 73.1 Å². The molecule has 234 valence electrons. The number of Topliss-reactive ketones (excluding diaryl/α,β-unsaturated/α-hetero) is 1. The quantitative estimate of drug-likeness (QED) is 0.195. The molecule has 3 aromatic rings. The summed E-state index contributed by atoms with van der Waals surface area (Å²) in [5, 5.41) is 0. The zero-order valence-electron chi connectivity index (χ0n) is 23.7. The molecule has 2 bridgehead atoms. The van der Waals surface area contributed by atoms with Gasteiger partial charge in [0.15, 0.2) is 5.78 Å². The Morgan fingerprint density at radius 2 is 1.57 bits per heavy atom. The number of hydrogen-bond acceptors (Lipinski definition) is 6. The molecule has 0 N–H and O–H groups in total. The number of carbonyl (C=O) groups excluding carboxylic acids is 2. The number of nitrogens with zero attached hydrogens (tertiary/aromatic N) is 1. The number of fused-ring (bicyclic) bond motifs is 2. The first-order chi connectivity index (χ1) is 20.6. The Morgan fingerprint density at radius 3 is 2.20 bits per heavy atom. The Bertz CT molecular complexity index is 1730. The van der Waals surface area contributed by atoms with E-state index in [0.29, 0.717) is 29.3 Å².